The highest BCUT2D eigenvalue weighted by Crippen LogP contribution is 2.26. The Morgan fingerprint density at radius 1 is 1.37 bits per heavy atom. The lowest BCUT2D eigenvalue weighted by Gasteiger charge is -2.40. The maximum atomic E-state index is 11.6. The molecule has 2 atom stereocenters. The molecular formula is C14H30N2O2S. The molecule has 0 aromatic rings. The fourth-order valence-corrected chi connectivity index (χ4v) is 4.64. The summed E-state index contributed by atoms with van der Waals surface area (Å²) in [5.74, 6) is 0.636. The quantitative estimate of drug-likeness (QED) is 0.772. The minimum atomic E-state index is -2.81. The molecule has 0 aliphatic carbocycles. The third-order valence-electron chi connectivity index (χ3n) is 4.05. The molecule has 2 unspecified atom stereocenters. The number of hydrogen-bond donors (Lipinski definition) is 1. The van der Waals surface area contributed by atoms with Gasteiger partial charge in [-0.25, -0.2) is 8.42 Å². The van der Waals surface area contributed by atoms with Crippen LogP contribution < -0.4 is 5.32 Å². The zero-order chi connectivity index (χ0) is 14.5. The van der Waals surface area contributed by atoms with Crippen LogP contribution >= 0.6 is 0 Å². The molecule has 0 amide bonds. The smallest absolute Gasteiger partial charge is 0.153 e. The summed E-state index contributed by atoms with van der Waals surface area (Å²) in [6.07, 6.45) is 2.35. The van der Waals surface area contributed by atoms with Crippen molar-refractivity contribution in [3.8, 4) is 0 Å². The largest absolute Gasteiger partial charge is 0.316 e. The van der Waals surface area contributed by atoms with Crippen molar-refractivity contribution >= 4 is 9.84 Å². The van der Waals surface area contributed by atoms with E-state index in [2.05, 4.69) is 31.0 Å². The molecule has 0 aromatic heterocycles. The first-order valence-corrected chi connectivity index (χ1v) is 9.29. The predicted molar refractivity (Wildman–Crippen MR) is 81.2 cm³/mol. The Hall–Kier alpha value is -0.130. The zero-order valence-electron chi connectivity index (χ0n) is 12.9. The van der Waals surface area contributed by atoms with E-state index in [0.717, 1.165) is 19.6 Å². The number of hydrogen-bond acceptors (Lipinski definition) is 4. The predicted octanol–water partition coefficient (Wildman–Crippen LogP) is 1.52. The van der Waals surface area contributed by atoms with Gasteiger partial charge in [0.1, 0.15) is 0 Å². The molecule has 19 heavy (non-hydrogen) atoms. The zero-order valence-corrected chi connectivity index (χ0v) is 13.7. The topological polar surface area (TPSA) is 49.4 Å². The van der Waals surface area contributed by atoms with Crippen molar-refractivity contribution in [3.63, 3.8) is 0 Å². The minimum Gasteiger partial charge on any atom is -0.316 e. The Bertz CT molecular complexity index is 370. The summed E-state index contributed by atoms with van der Waals surface area (Å²) in [6, 6.07) is 0.150. The summed E-state index contributed by atoms with van der Waals surface area (Å²) < 4.78 is 23.3. The molecule has 1 rings (SSSR count). The molecule has 0 spiro atoms. The van der Waals surface area contributed by atoms with E-state index in [1.54, 1.807) is 0 Å². The Morgan fingerprint density at radius 2 is 2.05 bits per heavy atom. The van der Waals surface area contributed by atoms with E-state index in [1.807, 2.05) is 6.92 Å². The fraction of sp³-hybridized carbons (Fsp3) is 1.00. The van der Waals surface area contributed by atoms with Crippen LogP contribution in [0.5, 0.6) is 0 Å². The molecule has 4 nitrogen and oxygen atoms in total. The Morgan fingerprint density at radius 3 is 2.58 bits per heavy atom. The Balaban J connectivity index is 2.63. The van der Waals surface area contributed by atoms with E-state index in [-0.39, 0.29) is 11.5 Å². The highest BCUT2D eigenvalue weighted by Gasteiger charge is 2.33. The van der Waals surface area contributed by atoms with Gasteiger partial charge in [0.2, 0.25) is 0 Å². The van der Waals surface area contributed by atoms with Gasteiger partial charge < -0.3 is 5.32 Å². The molecule has 1 saturated heterocycles. The van der Waals surface area contributed by atoms with Crippen molar-refractivity contribution in [2.75, 3.05) is 37.7 Å². The van der Waals surface area contributed by atoms with Crippen LogP contribution in [0.2, 0.25) is 0 Å². The second kappa shape index (κ2) is 7.04. The van der Waals surface area contributed by atoms with Gasteiger partial charge in [0.25, 0.3) is 0 Å². The van der Waals surface area contributed by atoms with E-state index >= 15 is 0 Å². The second-order valence-corrected chi connectivity index (χ2v) is 8.50. The normalized spacial score (nSPS) is 27.1. The third-order valence-corrected chi connectivity index (χ3v) is 5.84. The molecule has 1 aliphatic rings. The standard InChI is InChI=1S/C14H30N2O2S/c1-5-7-14(4,11-15-6-2)12-16-8-9-19(17,18)10-13(16)3/h13,15H,5-12H2,1-4H3. The monoisotopic (exact) mass is 290 g/mol. The molecule has 114 valence electrons. The number of rotatable bonds is 7. The lowest BCUT2D eigenvalue weighted by atomic mass is 9.84. The van der Waals surface area contributed by atoms with Crippen molar-refractivity contribution in [3.05, 3.63) is 0 Å². The molecule has 0 radical (unpaired) electrons. The van der Waals surface area contributed by atoms with Gasteiger partial charge in [-0.1, -0.05) is 27.2 Å². The van der Waals surface area contributed by atoms with Crippen LogP contribution in [0.4, 0.5) is 0 Å². The van der Waals surface area contributed by atoms with E-state index in [0.29, 0.717) is 18.1 Å². The molecule has 5 heteroatoms. The van der Waals surface area contributed by atoms with Crippen LogP contribution in [-0.4, -0.2) is 57.0 Å². The van der Waals surface area contributed by atoms with E-state index in [1.165, 1.54) is 12.8 Å². The first kappa shape index (κ1) is 16.9. The lowest BCUT2D eigenvalue weighted by Crippen LogP contribution is -2.52. The number of nitrogens with one attached hydrogen (secondary N) is 1. The highest BCUT2D eigenvalue weighted by molar-refractivity contribution is 7.91. The SMILES string of the molecule is CCCC(C)(CNCC)CN1CCS(=O)(=O)CC1C. The van der Waals surface area contributed by atoms with Crippen molar-refractivity contribution in [2.45, 2.75) is 46.6 Å². The molecule has 1 heterocycles. The number of sulfone groups is 1. The van der Waals surface area contributed by atoms with Gasteiger partial charge in [-0.3, -0.25) is 4.90 Å². The van der Waals surface area contributed by atoms with Crippen LogP contribution in [0, 0.1) is 5.41 Å². The Kier molecular flexibility index (Phi) is 6.27. The van der Waals surface area contributed by atoms with Crippen LogP contribution in [0.1, 0.15) is 40.5 Å². The third kappa shape index (κ3) is 5.40. The van der Waals surface area contributed by atoms with Gasteiger partial charge in [-0.15, -0.1) is 0 Å². The summed E-state index contributed by atoms with van der Waals surface area (Å²) in [5, 5.41) is 3.45. The van der Waals surface area contributed by atoms with Crippen molar-refractivity contribution in [2.24, 2.45) is 5.41 Å². The van der Waals surface area contributed by atoms with E-state index in [9.17, 15) is 8.42 Å². The molecule has 1 N–H and O–H groups in total. The minimum absolute atomic E-state index is 0.150. The van der Waals surface area contributed by atoms with Crippen LogP contribution in [0.3, 0.4) is 0 Å². The van der Waals surface area contributed by atoms with Crippen molar-refractivity contribution in [1.29, 1.82) is 0 Å². The van der Waals surface area contributed by atoms with Crippen molar-refractivity contribution < 1.29 is 8.42 Å². The van der Waals surface area contributed by atoms with Crippen LogP contribution in [-0.2, 0) is 9.84 Å². The van der Waals surface area contributed by atoms with Gasteiger partial charge in [0.05, 0.1) is 11.5 Å². The van der Waals surface area contributed by atoms with Gasteiger partial charge >= 0.3 is 0 Å². The van der Waals surface area contributed by atoms with Crippen LogP contribution in [0.25, 0.3) is 0 Å². The van der Waals surface area contributed by atoms with Gasteiger partial charge in [-0.2, -0.15) is 0 Å². The average Bonchev–Trinajstić information content (AvgIpc) is 2.30. The lowest BCUT2D eigenvalue weighted by molar-refractivity contribution is 0.126. The summed E-state index contributed by atoms with van der Waals surface area (Å²) in [7, 11) is -2.81. The second-order valence-electron chi connectivity index (χ2n) is 6.27. The van der Waals surface area contributed by atoms with Crippen LogP contribution in [0.15, 0.2) is 0 Å². The molecular weight excluding hydrogens is 260 g/mol. The average molecular weight is 290 g/mol. The Labute approximate surface area is 118 Å². The summed E-state index contributed by atoms with van der Waals surface area (Å²) >= 11 is 0. The maximum Gasteiger partial charge on any atom is 0.153 e. The first-order valence-electron chi connectivity index (χ1n) is 7.47. The van der Waals surface area contributed by atoms with Crippen molar-refractivity contribution in [1.82, 2.24) is 10.2 Å². The maximum absolute atomic E-state index is 11.6. The van der Waals surface area contributed by atoms with Gasteiger partial charge in [0.15, 0.2) is 9.84 Å². The summed E-state index contributed by atoms with van der Waals surface area (Å²) in [4.78, 5) is 2.36. The molecule has 0 saturated carbocycles. The first-order chi connectivity index (χ1) is 8.82. The number of nitrogens with zero attached hydrogens (tertiary/aromatic N) is 1. The molecule has 0 aromatic carbocycles. The molecule has 0 bridgehead atoms. The van der Waals surface area contributed by atoms with Gasteiger partial charge in [0, 0.05) is 25.7 Å². The molecule has 1 fully saturated rings. The summed E-state index contributed by atoms with van der Waals surface area (Å²) in [5.41, 5.74) is 0.236. The van der Waals surface area contributed by atoms with Gasteiger partial charge in [-0.05, 0) is 25.3 Å². The van der Waals surface area contributed by atoms with E-state index in [4.69, 9.17) is 0 Å². The highest BCUT2D eigenvalue weighted by atomic mass is 32.2. The molecule has 1 aliphatic heterocycles. The fourth-order valence-electron chi connectivity index (χ4n) is 3.01. The van der Waals surface area contributed by atoms with E-state index < -0.39 is 9.84 Å². The summed E-state index contributed by atoms with van der Waals surface area (Å²) in [6.45, 7) is 12.4.